The molecule has 0 saturated carbocycles. The minimum Gasteiger partial charge on any atom is -0.309 e. The first-order valence-corrected chi connectivity index (χ1v) is 18.5. The number of para-hydroxylation sites is 3. The zero-order valence-electron chi connectivity index (χ0n) is 30.0. The minimum absolute atomic E-state index is 0.662. The highest BCUT2D eigenvalue weighted by Crippen LogP contribution is 2.43. The molecule has 0 amide bonds. The van der Waals surface area contributed by atoms with Crippen molar-refractivity contribution in [1.82, 2.24) is 19.1 Å². The van der Waals surface area contributed by atoms with Crippen molar-refractivity contribution in [3.05, 3.63) is 181 Å². The molecule has 4 nitrogen and oxygen atoms in total. The molecule has 11 rings (SSSR count). The van der Waals surface area contributed by atoms with Crippen LogP contribution in [0, 0.1) is 13.8 Å². The van der Waals surface area contributed by atoms with Crippen LogP contribution in [0.4, 0.5) is 0 Å². The van der Waals surface area contributed by atoms with Gasteiger partial charge in [0.25, 0.3) is 0 Å². The SMILES string of the molecule is Cc1cccc(-c2nc(-n3c4ccccc4c4ccc(-c5cc6c7ccccc7n(-c7cccc(C)c7)c6c6ccccc56)cc43)nc3ccccc23)c1. The molecule has 0 fully saturated rings. The van der Waals surface area contributed by atoms with Crippen molar-refractivity contribution in [1.29, 1.82) is 0 Å². The fraction of sp³-hybridized carbons (Fsp3) is 0.0400. The van der Waals surface area contributed by atoms with Crippen LogP contribution in [0.5, 0.6) is 0 Å². The van der Waals surface area contributed by atoms with Gasteiger partial charge in [-0.15, -0.1) is 0 Å². The molecule has 0 atom stereocenters. The fourth-order valence-corrected chi connectivity index (χ4v) is 8.63. The number of rotatable bonds is 4. The Labute approximate surface area is 312 Å². The predicted molar refractivity (Wildman–Crippen MR) is 226 cm³/mol. The highest BCUT2D eigenvalue weighted by molar-refractivity contribution is 6.22. The summed E-state index contributed by atoms with van der Waals surface area (Å²) in [7, 11) is 0. The second-order valence-corrected chi connectivity index (χ2v) is 14.4. The second-order valence-electron chi connectivity index (χ2n) is 14.4. The van der Waals surface area contributed by atoms with Crippen LogP contribution in [0.25, 0.3) is 99.3 Å². The zero-order valence-corrected chi connectivity index (χ0v) is 30.0. The second kappa shape index (κ2) is 11.7. The molecule has 254 valence electrons. The standard InChI is InChI=1S/C50H34N4/c1-31-13-11-15-34(27-31)48-41-21-5-8-22-44(41)51-50(52-48)54-46-24-10-6-18-37(46)39-26-25-33(29-47(39)54)42-30-43-38-19-7-9-23-45(38)53(35-16-12-14-32(2)28-35)49(43)40-20-4-3-17-36(40)42/h3-30H,1-2H3. The quantitative estimate of drug-likeness (QED) is 0.184. The Kier molecular flexibility index (Phi) is 6.65. The van der Waals surface area contributed by atoms with Crippen molar-refractivity contribution in [2.24, 2.45) is 0 Å². The van der Waals surface area contributed by atoms with E-state index in [9.17, 15) is 0 Å². The summed E-state index contributed by atoms with van der Waals surface area (Å²) in [4.78, 5) is 10.6. The molecule has 4 heteroatoms. The van der Waals surface area contributed by atoms with Gasteiger partial charge in [0, 0.05) is 43.6 Å². The molecule has 0 saturated heterocycles. The van der Waals surface area contributed by atoms with Gasteiger partial charge in [0.15, 0.2) is 0 Å². The van der Waals surface area contributed by atoms with E-state index in [-0.39, 0.29) is 0 Å². The van der Waals surface area contributed by atoms with Crippen molar-refractivity contribution in [2.45, 2.75) is 13.8 Å². The summed E-state index contributed by atoms with van der Waals surface area (Å²) in [5.41, 5.74) is 13.5. The average Bonchev–Trinajstić information content (AvgIpc) is 3.73. The summed E-state index contributed by atoms with van der Waals surface area (Å²) in [6, 6.07) is 61.3. The molecule has 11 aromatic rings. The Balaban J connectivity index is 1.21. The highest BCUT2D eigenvalue weighted by atomic mass is 15.2. The lowest BCUT2D eigenvalue weighted by atomic mass is 9.94. The van der Waals surface area contributed by atoms with Crippen LogP contribution < -0.4 is 0 Å². The van der Waals surface area contributed by atoms with Gasteiger partial charge in [0.2, 0.25) is 5.95 Å². The van der Waals surface area contributed by atoms with E-state index in [1.54, 1.807) is 0 Å². The number of fused-ring (bicyclic) bond motifs is 9. The normalized spacial score (nSPS) is 11.9. The topological polar surface area (TPSA) is 35.6 Å². The van der Waals surface area contributed by atoms with E-state index in [1.165, 1.54) is 65.7 Å². The molecule has 0 unspecified atom stereocenters. The van der Waals surface area contributed by atoms with Gasteiger partial charge >= 0.3 is 0 Å². The number of nitrogens with zero attached hydrogens (tertiary/aromatic N) is 4. The molecule has 0 aliphatic carbocycles. The Bertz CT molecular complexity index is 3310. The first-order valence-electron chi connectivity index (χ1n) is 18.5. The Morgan fingerprint density at radius 2 is 1.02 bits per heavy atom. The van der Waals surface area contributed by atoms with Gasteiger partial charge in [0.1, 0.15) is 0 Å². The van der Waals surface area contributed by atoms with Crippen LogP contribution in [-0.4, -0.2) is 19.1 Å². The molecule has 3 aromatic heterocycles. The van der Waals surface area contributed by atoms with Crippen LogP contribution in [0.2, 0.25) is 0 Å². The van der Waals surface area contributed by atoms with Gasteiger partial charge in [-0.25, -0.2) is 9.97 Å². The average molecular weight is 691 g/mol. The number of benzene rings is 8. The van der Waals surface area contributed by atoms with Crippen molar-refractivity contribution in [3.8, 4) is 34.0 Å². The van der Waals surface area contributed by atoms with Gasteiger partial charge < -0.3 is 4.57 Å². The largest absolute Gasteiger partial charge is 0.309 e. The first kappa shape index (κ1) is 30.6. The Morgan fingerprint density at radius 3 is 1.80 bits per heavy atom. The van der Waals surface area contributed by atoms with Gasteiger partial charge in [-0.3, -0.25) is 4.57 Å². The summed E-state index contributed by atoms with van der Waals surface area (Å²) in [6.45, 7) is 4.29. The summed E-state index contributed by atoms with van der Waals surface area (Å²) in [5, 5.41) is 8.31. The molecule has 0 spiro atoms. The fourth-order valence-electron chi connectivity index (χ4n) is 8.63. The number of hydrogen-bond donors (Lipinski definition) is 0. The van der Waals surface area contributed by atoms with Gasteiger partial charge in [-0.1, -0.05) is 127 Å². The molecular formula is C50H34N4. The molecular weight excluding hydrogens is 657 g/mol. The summed E-state index contributed by atoms with van der Waals surface area (Å²) >= 11 is 0. The van der Waals surface area contributed by atoms with Gasteiger partial charge in [-0.05, 0) is 84.5 Å². The maximum atomic E-state index is 5.37. The Morgan fingerprint density at radius 1 is 0.389 bits per heavy atom. The molecule has 0 bridgehead atoms. The van der Waals surface area contributed by atoms with E-state index in [1.807, 2.05) is 0 Å². The first-order chi connectivity index (χ1) is 26.6. The number of aryl methyl sites for hydroxylation is 2. The third kappa shape index (κ3) is 4.56. The lowest BCUT2D eigenvalue weighted by Crippen LogP contribution is -2.03. The maximum Gasteiger partial charge on any atom is 0.235 e. The number of aromatic nitrogens is 4. The summed E-state index contributed by atoms with van der Waals surface area (Å²) in [5.74, 6) is 0.662. The monoisotopic (exact) mass is 690 g/mol. The van der Waals surface area contributed by atoms with Crippen LogP contribution in [0.15, 0.2) is 170 Å². The van der Waals surface area contributed by atoms with Crippen LogP contribution in [0.1, 0.15) is 11.1 Å². The minimum atomic E-state index is 0.662. The van der Waals surface area contributed by atoms with Crippen LogP contribution in [0.3, 0.4) is 0 Å². The van der Waals surface area contributed by atoms with E-state index >= 15 is 0 Å². The molecule has 8 aromatic carbocycles. The van der Waals surface area contributed by atoms with Gasteiger partial charge in [0.05, 0.1) is 33.3 Å². The number of hydrogen-bond acceptors (Lipinski definition) is 2. The molecule has 0 N–H and O–H groups in total. The molecule has 3 heterocycles. The van der Waals surface area contributed by atoms with Crippen LogP contribution >= 0.6 is 0 Å². The van der Waals surface area contributed by atoms with E-state index in [0.717, 1.165) is 38.8 Å². The third-order valence-electron chi connectivity index (χ3n) is 11.0. The van der Waals surface area contributed by atoms with Crippen molar-refractivity contribution < 1.29 is 0 Å². The lowest BCUT2D eigenvalue weighted by molar-refractivity contribution is 1.01. The Hall–Kier alpha value is -7.04. The molecule has 0 aliphatic rings. The van der Waals surface area contributed by atoms with E-state index in [4.69, 9.17) is 9.97 Å². The highest BCUT2D eigenvalue weighted by Gasteiger charge is 2.21. The smallest absolute Gasteiger partial charge is 0.235 e. The van der Waals surface area contributed by atoms with Crippen molar-refractivity contribution in [3.63, 3.8) is 0 Å². The van der Waals surface area contributed by atoms with Crippen LogP contribution in [-0.2, 0) is 0 Å². The van der Waals surface area contributed by atoms with E-state index in [2.05, 4.69) is 193 Å². The summed E-state index contributed by atoms with van der Waals surface area (Å²) in [6.07, 6.45) is 0. The predicted octanol–water partition coefficient (Wildman–Crippen LogP) is 12.9. The van der Waals surface area contributed by atoms with E-state index in [0.29, 0.717) is 5.95 Å². The zero-order chi connectivity index (χ0) is 35.9. The lowest BCUT2D eigenvalue weighted by Gasteiger charge is -2.14. The maximum absolute atomic E-state index is 5.37. The van der Waals surface area contributed by atoms with Crippen molar-refractivity contribution in [2.75, 3.05) is 0 Å². The molecule has 0 aliphatic heterocycles. The van der Waals surface area contributed by atoms with Gasteiger partial charge in [-0.2, -0.15) is 0 Å². The molecule has 0 radical (unpaired) electrons. The van der Waals surface area contributed by atoms with Crippen molar-refractivity contribution >= 4 is 65.3 Å². The summed E-state index contributed by atoms with van der Waals surface area (Å²) < 4.78 is 4.69. The third-order valence-corrected chi connectivity index (χ3v) is 11.0. The van der Waals surface area contributed by atoms with E-state index < -0.39 is 0 Å². The molecule has 54 heavy (non-hydrogen) atoms.